The van der Waals surface area contributed by atoms with Crippen LogP contribution in [0.5, 0.6) is 0 Å². The Morgan fingerprint density at radius 2 is 1.79 bits per heavy atom. The molecule has 0 aliphatic carbocycles. The third-order valence-electron chi connectivity index (χ3n) is 4.67. The molecule has 150 valence electrons. The van der Waals surface area contributed by atoms with Crippen molar-refractivity contribution in [1.29, 1.82) is 0 Å². The molecule has 1 heterocycles. The van der Waals surface area contributed by atoms with Gasteiger partial charge in [-0.1, -0.05) is 48.0 Å². The van der Waals surface area contributed by atoms with Crippen molar-refractivity contribution in [3.63, 3.8) is 0 Å². The lowest BCUT2D eigenvalue weighted by atomic mass is 10.1. The van der Waals surface area contributed by atoms with Gasteiger partial charge in [0.05, 0.1) is 11.7 Å². The summed E-state index contributed by atoms with van der Waals surface area (Å²) in [5.41, 5.74) is 1.78. The Kier molecular flexibility index (Phi) is 6.46. The van der Waals surface area contributed by atoms with Crippen LogP contribution in [0.3, 0.4) is 0 Å². The number of amides is 1. The number of nitrogens with one attached hydrogen (secondary N) is 1. The average Bonchev–Trinajstić information content (AvgIpc) is 2.70. The van der Waals surface area contributed by atoms with Gasteiger partial charge in [-0.25, -0.2) is 4.68 Å². The van der Waals surface area contributed by atoms with E-state index in [-0.39, 0.29) is 18.3 Å². The van der Waals surface area contributed by atoms with E-state index in [0.29, 0.717) is 10.7 Å². The van der Waals surface area contributed by atoms with Gasteiger partial charge in [-0.15, -0.1) is 0 Å². The Morgan fingerprint density at radius 3 is 2.45 bits per heavy atom. The lowest BCUT2D eigenvalue weighted by molar-refractivity contribution is 0.0934. The number of likely N-dealkylation sites (N-methyl/N-ethyl adjacent to an activating group) is 1. The monoisotopic (exact) mass is 410 g/mol. The molecule has 7 heteroatoms. The summed E-state index contributed by atoms with van der Waals surface area (Å²) in [6.45, 7) is 2.07. The summed E-state index contributed by atoms with van der Waals surface area (Å²) in [6.07, 6.45) is 0. The van der Waals surface area contributed by atoms with Crippen LogP contribution in [0.15, 0.2) is 65.5 Å². The van der Waals surface area contributed by atoms with Crippen LogP contribution < -0.4 is 10.7 Å². The zero-order chi connectivity index (χ0) is 21.0. The Balaban J connectivity index is 1.85. The Bertz CT molecular complexity index is 1060. The summed E-state index contributed by atoms with van der Waals surface area (Å²) in [7, 11) is 3.82. The molecular weight excluding hydrogens is 388 g/mol. The van der Waals surface area contributed by atoms with E-state index in [2.05, 4.69) is 10.4 Å². The van der Waals surface area contributed by atoms with E-state index in [9.17, 15) is 9.59 Å². The average molecular weight is 411 g/mol. The number of benzene rings is 2. The standard InChI is InChI=1S/C22H23ClN4O2/c1-15-13-20(28)21(25-27(15)16-9-5-4-6-10-16)22(29)24-14-19(26(2)3)17-11-7-8-12-18(17)23/h4-13,19H,14H2,1-3H3,(H,24,29). The maximum absolute atomic E-state index is 12.8. The summed E-state index contributed by atoms with van der Waals surface area (Å²) in [4.78, 5) is 27.1. The fourth-order valence-electron chi connectivity index (χ4n) is 3.12. The number of hydrogen-bond donors (Lipinski definition) is 1. The summed E-state index contributed by atoms with van der Waals surface area (Å²) in [5, 5.41) is 7.76. The molecule has 29 heavy (non-hydrogen) atoms. The van der Waals surface area contributed by atoms with Gasteiger partial charge in [-0.3, -0.25) is 9.59 Å². The van der Waals surface area contributed by atoms with Crippen molar-refractivity contribution in [2.24, 2.45) is 0 Å². The fourth-order valence-corrected chi connectivity index (χ4v) is 3.39. The summed E-state index contributed by atoms with van der Waals surface area (Å²) in [5.74, 6) is -0.515. The number of halogens is 1. The van der Waals surface area contributed by atoms with Crippen molar-refractivity contribution in [3.8, 4) is 5.69 Å². The first kappa shape index (κ1) is 20.8. The third-order valence-corrected chi connectivity index (χ3v) is 5.01. The van der Waals surface area contributed by atoms with Crippen LogP contribution in [0.25, 0.3) is 5.69 Å². The van der Waals surface area contributed by atoms with E-state index >= 15 is 0 Å². The molecular formula is C22H23ClN4O2. The molecule has 0 fully saturated rings. The van der Waals surface area contributed by atoms with Crippen LogP contribution >= 0.6 is 11.6 Å². The molecule has 2 aromatic carbocycles. The Labute approximate surface area is 174 Å². The number of aromatic nitrogens is 2. The number of hydrogen-bond acceptors (Lipinski definition) is 4. The molecule has 0 saturated carbocycles. The predicted octanol–water partition coefficient (Wildman–Crippen LogP) is 3.23. The van der Waals surface area contributed by atoms with Gasteiger partial charge in [0.2, 0.25) is 5.43 Å². The molecule has 0 radical (unpaired) electrons. The highest BCUT2D eigenvalue weighted by atomic mass is 35.5. The first-order valence-electron chi connectivity index (χ1n) is 9.24. The Hall–Kier alpha value is -2.96. The topological polar surface area (TPSA) is 67.2 Å². The molecule has 1 N–H and O–H groups in total. The summed E-state index contributed by atoms with van der Waals surface area (Å²) in [6, 6.07) is 18.2. The number of rotatable bonds is 6. The van der Waals surface area contributed by atoms with Crippen LogP contribution in [0, 0.1) is 6.92 Å². The minimum atomic E-state index is -0.515. The Morgan fingerprint density at radius 1 is 1.14 bits per heavy atom. The maximum atomic E-state index is 12.8. The van der Waals surface area contributed by atoms with Gasteiger partial charge < -0.3 is 10.2 Å². The molecule has 1 aromatic heterocycles. The second-order valence-electron chi connectivity index (χ2n) is 6.96. The van der Waals surface area contributed by atoms with Crippen molar-refractivity contribution < 1.29 is 4.79 Å². The second-order valence-corrected chi connectivity index (χ2v) is 7.36. The van der Waals surface area contributed by atoms with Crippen LogP contribution in [-0.2, 0) is 0 Å². The van der Waals surface area contributed by atoms with E-state index < -0.39 is 11.3 Å². The molecule has 1 unspecified atom stereocenters. The highest BCUT2D eigenvalue weighted by molar-refractivity contribution is 6.31. The number of carbonyl (C=O) groups is 1. The van der Waals surface area contributed by atoms with Crippen LogP contribution in [0.2, 0.25) is 5.02 Å². The smallest absolute Gasteiger partial charge is 0.275 e. The molecule has 0 aliphatic heterocycles. The zero-order valence-electron chi connectivity index (χ0n) is 16.6. The van der Waals surface area contributed by atoms with Gasteiger partial charge in [0.25, 0.3) is 5.91 Å². The van der Waals surface area contributed by atoms with Gasteiger partial charge in [0.15, 0.2) is 5.69 Å². The van der Waals surface area contributed by atoms with Crippen molar-refractivity contribution in [3.05, 3.63) is 92.9 Å². The SMILES string of the molecule is Cc1cc(=O)c(C(=O)NCC(c2ccccc2Cl)N(C)C)nn1-c1ccccc1. The number of nitrogens with zero attached hydrogens (tertiary/aromatic N) is 3. The lowest BCUT2D eigenvalue weighted by Crippen LogP contribution is -2.37. The van der Waals surface area contributed by atoms with Crippen LogP contribution in [-0.4, -0.2) is 41.2 Å². The van der Waals surface area contributed by atoms with Crippen molar-refractivity contribution in [2.75, 3.05) is 20.6 Å². The highest BCUT2D eigenvalue weighted by Crippen LogP contribution is 2.25. The van der Waals surface area contributed by atoms with Crippen molar-refractivity contribution in [1.82, 2.24) is 20.0 Å². The molecule has 0 aliphatic rings. The van der Waals surface area contributed by atoms with Gasteiger partial charge in [0, 0.05) is 23.3 Å². The van der Waals surface area contributed by atoms with Crippen molar-refractivity contribution in [2.45, 2.75) is 13.0 Å². The van der Waals surface area contributed by atoms with Crippen LogP contribution in [0.4, 0.5) is 0 Å². The first-order valence-corrected chi connectivity index (χ1v) is 9.61. The predicted molar refractivity (Wildman–Crippen MR) is 115 cm³/mol. The molecule has 0 bridgehead atoms. The maximum Gasteiger partial charge on any atom is 0.275 e. The lowest BCUT2D eigenvalue weighted by Gasteiger charge is -2.25. The molecule has 6 nitrogen and oxygen atoms in total. The van der Waals surface area contributed by atoms with E-state index in [1.54, 1.807) is 11.6 Å². The van der Waals surface area contributed by atoms with Crippen molar-refractivity contribution >= 4 is 17.5 Å². The summed E-state index contributed by atoms with van der Waals surface area (Å²) < 4.78 is 1.59. The first-order chi connectivity index (χ1) is 13.9. The largest absolute Gasteiger partial charge is 0.349 e. The number of aryl methyl sites for hydroxylation is 1. The van der Waals surface area contributed by atoms with E-state index in [0.717, 1.165) is 11.3 Å². The normalized spacial score (nSPS) is 12.0. The van der Waals surface area contributed by atoms with Gasteiger partial charge in [-0.05, 0) is 44.8 Å². The van der Waals surface area contributed by atoms with E-state index in [1.165, 1.54) is 6.07 Å². The van der Waals surface area contributed by atoms with Crippen LogP contribution in [0.1, 0.15) is 27.8 Å². The minimum Gasteiger partial charge on any atom is -0.349 e. The number of para-hydroxylation sites is 1. The second kappa shape index (κ2) is 9.03. The quantitative estimate of drug-likeness (QED) is 0.677. The zero-order valence-corrected chi connectivity index (χ0v) is 17.3. The van der Waals surface area contributed by atoms with E-state index in [1.807, 2.05) is 73.6 Å². The number of carbonyl (C=O) groups excluding carboxylic acids is 1. The highest BCUT2D eigenvalue weighted by Gasteiger charge is 2.20. The fraction of sp³-hybridized carbons (Fsp3) is 0.227. The summed E-state index contributed by atoms with van der Waals surface area (Å²) >= 11 is 6.32. The molecule has 1 atom stereocenters. The van der Waals surface area contributed by atoms with Gasteiger partial charge in [0.1, 0.15) is 0 Å². The van der Waals surface area contributed by atoms with Gasteiger partial charge in [-0.2, -0.15) is 5.10 Å². The third kappa shape index (κ3) is 4.72. The van der Waals surface area contributed by atoms with Gasteiger partial charge >= 0.3 is 0 Å². The molecule has 3 aromatic rings. The molecule has 3 rings (SSSR count). The molecule has 1 amide bonds. The molecule has 0 spiro atoms. The van der Waals surface area contributed by atoms with E-state index in [4.69, 9.17) is 11.6 Å². The molecule has 0 saturated heterocycles. The minimum absolute atomic E-state index is 0.142.